The number of benzene rings is 1. The topological polar surface area (TPSA) is 44.1 Å². The Morgan fingerprint density at radius 1 is 1.34 bits per heavy atom. The van der Waals surface area contributed by atoms with E-state index >= 15 is 0 Å². The molecule has 1 aromatic heterocycles. The Bertz CT molecular complexity index is 988. The predicted octanol–water partition coefficient (Wildman–Crippen LogP) is 5.03. The molecule has 0 radical (unpaired) electrons. The summed E-state index contributed by atoms with van der Waals surface area (Å²) in [6.07, 6.45) is 11.3. The lowest BCUT2D eigenvalue weighted by molar-refractivity contribution is -0.127. The summed E-state index contributed by atoms with van der Waals surface area (Å²) in [5, 5.41) is 4.37. The van der Waals surface area contributed by atoms with Gasteiger partial charge < -0.3 is 4.74 Å². The van der Waals surface area contributed by atoms with E-state index in [0.717, 1.165) is 49.1 Å². The number of rotatable bonds is 3. The van der Waals surface area contributed by atoms with Crippen LogP contribution in [0.25, 0.3) is 6.08 Å². The highest BCUT2D eigenvalue weighted by Gasteiger charge is 2.56. The number of carbonyl (C=O) groups is 1. The number of aryl methyl sites for hydroxylation is 2. The highest BCUT2D eigenvalue weighted by molar-refractivity contribution is 6.05. The minimum Gasteiger partial charge on any atom is -0.497 e. The Morgan fingerprint density at radius 3 is 2.97 bits per heavy atom. The number of allylic oxidation sites excluding steroid dienone is 1. The van der Waals surface area contributed by atoms with Crippen LogP contribution in [-0.4, -0.2) is 22.7 Å². The van der Waals surface area contributed by atoms with E-state index in [1.807, 2.05) is 17.1 Å². The van der Waals surface area contributed by atoms with Crippen molar-refractivity contribution in [2.75, 3.05) is 7.11 Å². The second kappa shape index (κ2) is 6.86. The number of Topliss-reactive ketones (excluding diaryl/α,β-unsaturated/α-hetero) is 1. The van der Waals surface area contributed by atoms with Gasteiger partial charge in [0.2, 0.25) is 0 Å². The molecule has 3 aliphatic rings. The quantitative estimate of drug-likeness (QED) is 0.691. The summed E-state index contributed by atoms with van der Waals surface area (Å²) in [5.41, 5.74) is 4.81. The van der Waals surface area contributed by atoms with E-state index in [0.29, 0.717) is 23.5 Å². The molecule has 29 heavy (non-hydrogen) atoms. The number of carbonyl (C=O) groups excluding carboxylic acids is 1. The molecule has 0 amide bonds. The molecule has 0 N–H and O–H groups in total. The van der Waals surface area contributed by atoms with Crippen molar-refractivity contribution in [1.29, 1.82) is 0 Å². The molecule has 2 saturated carbocycles. The van der Waals surface area contributed by atoms with E-state index < -0.39 is 0 Å². The summed E-state index contributed by atoms with van der Waals surface area (Å²) in [6, 6.07) is 6.60. The fraction of sp³-hybridized carbons (Fsp3) is 0.520. The average molecular weight is 391 g/mol. The Labute approximate surface area is 173 Å². The SMILES string of the molecule is CCn1cc(/C=C2\C[C@@H]3[C@@H]4CCc5cc(OC)ccc5[C@H]4CC[C@]3(C)C2=O)cn1. The van der Waals surface area contributed by atoms with Gasteiger partial charge in [0.1, 0.15) is 5.75 Å². The molecule has 1 heterocycles. The number of ketones is 1. The molecular formula is C25H30N2O2. The molecule has 4 nitrogen and oxygen atoms in total. The van der Waals surface area contributed by atoms with E-state index in [9.17, 15) is 4.79 Å². The third-order valence-electron chi connectivity index (χ3n) is 7.89. The van der Waals surface area contributed by atoms with E-state index in [1.165, 1.54) is 17.5 Å². The monoisotopic (exact) mass is 390 g/mol. The van der Waals surface area contributed by atoms with Crippen molar-refractivity contribution in [1.82, 2.24) is 9.78 Å². The van der Waals surface area contributed by atoms with Crippen molar-refractivity contribution >= 4 is 11.9 Å². The van der Waals surface area contributed by atoms with Crippen LogP contribution in [0.3, 0.4) is 0 Å². The van der Waals surface area contributed by atoms with Crippen molar-refractivity contribution in [2.45, 2.75) is 58.4 Å². The maximum Gasteiger partial charge on any atom is 0.165 e. The summed E-state index contributed by atoms with van der Waals surface area (Å²) in [5.74, 6) is 2.97. The Morgan fingerprint density at radius 2 is 2.21 bits per heavy atom. The Kier molecular flexibility index (Phi) is 4.41. The highest BCUT2D eigenvalue weighted by atomic mass is 16.5. The molecule has 1 aromatic carbocycles. The lowest BCUT2D eigenvalue weighted by Crippen LogP contribution is -2.42. The largest absolute Gasteiger partial charge is 0.497 e. The maximum atomic E-state index is 13.4. The number of ether oxygens (including phenoxy) is 1. The first kappa shape index (κ1) is 18.7. The molecule has 0 aliphatic heterocycles. The molecule has 3 aliphatic carbocycles. The van der Waals surface area contributed by atoms with E-state index in [-0.39, 0.29) is 5.41 Å². The molecule has 0 bridgehead atoms. The number of aromatic nitrogens is 2. The third kappa shape index (κ3) is 2.87. The molecule has 0 unspecified atom stereocenters. The van der Waals surface area contributed by atoms with Crippen molar-refractivity contribution in [3.8, 4) is 5.75 Å². The van der Waals surface area contributed by atoms with Crippen LogP contribution < -0.4 is 4.74 Å². The molecule has 0 spiro atoms. The van der Waals surface area contributed by atoms with Gasteiger partial charge in [0.25, 0.3) is 0 Å². The molecule has 2 fully saturated rings. The van der Waals surface area contributed by atoms with Crippen molar-refractivity contribution in [3.05, 3.63) is 52.9 Å². The van der Waals surface area contributed by atoms with Gasteiger partial charge in [-0.25, -0.2) is 0 Å². The first-order valence-electron chi connectivity index (χ1n) is 11.0. The lowest BCUT2D eigenvalue weighted by Gasteiger charge is -2.48. The minimum absolute atomic E-state index is 0.197. The number of fused-ring (bicyclic) bond motifs is 5. The normalized spacial score (nSPS) is 32.0. The molecule has 4 heteroatoms. The first-order chi connectivity index (χ1) is 14.0. The summed E-state index contributed by atoms with van der Waals surface area (Å²) in [6.45, 7) is 5.17. The van der Waals surface area contributed by atoms with E-state index in [1.54, 1.807) is 7.11 Å². The molecule has 152 valence electrons. The fourth-order valence-electron chi connectivity index (χ4n) is 6.31. The fourth-order valence-corrected chi connectivity index (χ4v) is 6.31. The van der Waals surface area contributed by atoms with Crippen molar-refractivity contribution < 1.29 is 9.53 Å². The van der Waals surface area contributed by atoms with E-state index in [4.69, 9.17) is 4.74 Å². The van der Waals surface area contributed by atoms with Crippen LogP contribution in [0.15, 0.2) is 36.2 Å². The molecule has 5 rings (SSSR count). The average Bonchev–Trinajstić information content (AvgIpc) is 3.30. The van der Waals surface area contributed by atoms with Gasteiger partial charge in [0, 0.05) is 23.7 Å². The predicted molar refractivity (Wildman–Crippen MR) is 114 cm³/mol. The number of hydrogen-bond acceptors (Lipinski definition) is 3. The standard InChI is InChI=1S/C25H30N2O2/c1-4-27-15-16(14-26-27)11-18-13-23-22-7-5-17-12-19(29-3)6-8-20(17)21(22)9-10-25(23,2)24(18)28/h6,8,11-12,14-15,21-23H,4-5,7,9-10,13H2,1-3H3/b18-11+/t21-,22-,23-,25+/m1/s1. The second-order valence-corrected chi connectivity index (χ2v) is 9.27. The summed E-state index contributed by atoms with van der Waals surface area (Å²) in [7, 11) is 1.74. The zero-order chi connectivity index (χ0) is 20.2. The molecule has 0 saturated heterocycles. The van der Waals surface area contributed by atoms with Gasteiger partial charge in [0.05, 0.1) is 13.3 Å². The third-order valence-corrected chi connectivity index (χ3v) is 7.89. The van der Waals surface area contributed by atoms with Gasteiger partial charge in [-0.3, -0.25) is 9.48 Å². The zero-order valence-corrected chi connectivity index (χ0v) is 17.6. The van der Waals surface area contributed by atoms with Crippen LogP contribution in [0.2, 0.25) is 0 Å². The van der Waals surface area contributed by atoms with Crippen LogP contribution >= 0.6 is 0 Å². The van der Waals surface area contributed by atoms with Gasteiger partial charge in [-0.1, -0.05) is 13.0 Å². The highest BCUT2D eigenvalue weighted by Crippen LogP contribution is 2.60. The van der Waals surface area contributed by atoms with Crippen LogP contribution in [-0.2, 0) is 17.8 Å². The van der Waals surface area contributed by atoms with Crippen molar-refractivity contribution in [2.24, 2.45) is 17.3 Å². The van der Waals surface area contributed by atoms with Gasteiger partial charge in [0.15, 0.2) is 5.78 Å². The zero-order valence-electron chi connectivity index (χ0n) is 17.6. The summed E-state index contributed by atoms with van der Waals surface area (Å²) >= 11 is 0. The number of methoxy groups -OCH3 is 1. The second-order valence-electron chi connectivity index (χ2n) is 9.27. The van der Waals surface area contributed by atoms with Gasteiger partial charge in [-0.05, 0) is 91.7 Å². The van der Waals surface area contributed by atoms with Gasteiger partial charge in [-0.15, -0.1) is 0 Å². The summed E-state index contributed by atoms with van der Waals surface area (Å²) in [4.78, 5) is 13.4. The number of hydrogen-bond donors (Lipinski definition) is 0. The molecule has 4 atom stereocenters. The van der Waals surface area contributed by atoms with Crippen molar-refractivity contribution in [3.63, 3.8) is 0 Å². The van der Waals surface area contributed by atoms with Crippen LogP contribution in [0.1, 0.15) is 62.1 Å². The minimum atomic E-state index is -0.197. The van der Waals surface area contributed by atoms with Crippen LogP contribution in [0, 0.1) is 17.3 Å². The number of nitrogens with zero attached hydrogens (tertiary/aromatic N) is 2. The summed E-state index contributed by atoms with van der Waals surface area (Å²) < 4.78 is 7.36. The smallest absolute Gasteiger partial charge is 0.165 e. The van der Waals surface area contributed by atoms with Crippen LogP contribution in [0.5, 0.6) is 5.75 Å². The molecule has 2 aromatic rings. The molecular weight excluding hydrogens is 360 g/mol. The van der Waals surface area contributed by atoms with Gasteiger partial charge in [-0.2, -0.15) is 5.10 Å². The Balaban J connectivity index is 1.46. The first-order valence-corrected chi connectivity index (χ1v) is 11.0. The maximum absolute atomic E-state index is 13.4. The van der Waals surface area contributed by atoms with E-state index in [2.05, 4.69) is 43.2 Å². The lowest BCUT2D eigenvalue weighted by atomic mass is 9.55. The Hall–Kier alpha value is -2.36. The van der Waals surface area contributed by atoms with Gasteiger partial charge >= 0.3 is 0 Å². The van der Waals surface area contributed by atoms with Crippen LogP contribution in [0.4, 0.5) is 0 Å².